The summed E-state index contributed by atoms with van der Waals surface area (Å²) in [4.78, 5) is 23.0. The Balaban J connectivity index is 2.38. The molecule has 0 unspecified atom stereocenters. The Morgan fingerprint density at radius 3 is 2.94 bits per heavy atom. The van der Waals surface area contributed by atoms with E-state index in [2.05, 4.69) is 15.9 Å². The smallest absolute Gasteiger partial charge is 0.346 e. The van der Waals surface area contributed by atoms with Gasteiger partial charge in [-0.1, -0.05) is 0 Å². The number of thiophene rings is 1. The second-order valence-corrected chi connectivity index (χ2v) is 5.14. The standard InChI is InChI=1S/C11H8BrNO3S/c12-8-2-1-4-13(10(8)14)6-7-3-5-17-9(7)11(15)16/h1-5H,6H2,(H,15,16). The van der Waals surface area contributed by atoms with Crippen molar-refractivity contribution >= 4 is 33.2 Å². The van der Waals surface area contributed by atoms with Crippen LogP contribution < -0.4 is 5.56 Å². The highest BCUT2D eigenvalue weighted by Crippen LogP contribution is 2.17. The zero-order valence-electron chi connectivity index (χ0n) is 8.59. The van der Waals surface area contributed by atoms with E-state index in [1.165, 1.54) is 4.57 Å². The van der Waals surface area contributed by atoms with E-state index in [1.807, 2.05) is 0 Å². The van der Waals surface area contributed by atoms with Crippen LogP contribution in [0.5, 0.6) is 0 Å². The molecule has 0 fully saturated rings. The van der Waals surface area contributed by atoms with Crippen molar-refractivity contribution in [2.75, 3.05) is 0 Å². The minimum Gasteiger partial charge on any atom is -0.477 e. The number of hydrogen-bond acceptors (Lipinski definition) is 3. The number of pyridine rings is 1. The van der Waals surface area contributed by atoms with Gasteiger partial charge in [0.1, 0.15) is 4.88 Å². The van der Waals surface area contributed by atoms with E-state index in [-0.39, 0.29) is 17.0 Å². The summed E-state index contributed by atoms with van der Waals surface area (Å²) in [6, 6.07) is 5.12. The van der Waals surface area contributed by atoms with E-state index >= 15 is 0 Å². The maximum atomic E-state index is 11.7. The van der Waals surface area contributed by atoms with Crippen molar-refractivity contribution in [2.45, 2.75) is 6.54 Å². The number of hydrogen-bond donors (Lipinski definition) is 1. The van der Waals surface area contributed by atoms with Crippen molar-refractivity contribution in [3.05, 3.63) is 55.0 Å². The van der Waals surface area contributed by atoms with Gasteiger partial charge in [0.05, 0.1) is 11.0 Å². The van der Waals surface area contributed by atoms with Crippen molar-refractivity contribution in [1.29, 1.82) is 0 Å². The number of rotatable bonds is 3. The third-order valence-electron chi connectivity index (χ3n) is 2.26. The fraction of sp³-hybridized carbons (Fsp3) is 0.0909. The first kappa shape index (κ1) is 12.1. The molecule has 0 spiro atoms. The number of carboxylic acid groups (broad SMARTS) is 1. The molecule has 0 saturated heterocycles. The quantitative estimate of drug-likeness (QED) is 0.946. The fourth-order valence-corrected chi connectivity index (χ4v) is 2.60. The monoisotopic (exact) mass is 313 g/mol. The van der Waals surface area contributed by atoms with Gasteiger partial charge in [-0.15, -0.1) is 11.3 Å². The van der Waals surface area contributed by atoms with Gasteiger partial charge >= 0.3 is 5.97 Å². The normalized spacial score (nSPS) is 10.4. The molecule has 0 atom stereocenters. The summed E-state index contributed by atoms with van der Waals surface area (Å²) >= 11 is 4.31. The van der Waals surface area contributed by atoms with Gasteiger partial charge in [0.15, 0.2) is 0 Å². The average Bonchev–Trinajstić information content (AvgIpc) is 2.73. The summed E-state index contributed by atoms with van der Waals surface area (Å²) in [7, 11) is 0. The molecule has 17 heavy (non-hydrogen) atoms. The van der Waals surface area contributed by atoms with Gasteiger partial charge in [0.25, 0.3) is 5.56 Å². The highest BCUT2D eigenvalue weighted by Gasteiger charge is 2.12. The molecule has 2 rings (SSSR count). The summed E-state index contributed by atoms with van der Waals surface area (Å²) in [6.45, 7) is 0.267. The molecule has 0 saturated carbocycles. The zero-order valence-corrected chi connectivity index (χ0v) is 11.0. The molecule has 0 radical (unpaired) electrons. The van der Waals surface area contributed by atoms with Crippen molar-refractivity contribution in [3.8, 4) is 0 Å². The van der Waals surface area contributed by atoms with Crippen LogP contribution in [0, 0.1) is 0 Å². The highest BCUT2D eigenvalue weighted by molar-refractivity contribution is 9.10. The van der Waals surface area contributed by atoms with Crippen molar-refractivity contribution in [2.24, 2.45) is 0 Å². The highest BCUT2D eigenvalue weighted by atomic mass is 79.9. The summed E-state index contributed by atoms with van der Waals surface area (Å²) in [5, 5.41) is 10.7. The lowest BCUT2D eigenvalue weighted by Gasteiger charge is -2.05. The van der Waals surface area contributed by atoms with E-state index < -0.39 is 5.97 Å². The summed E-state index contributed by atoms with van der Waals surface area (Å²) in [5.74, 6) is -0.960. The molecule has 0 aliphatic rings. The molecule has 1 N–H and O–H groups in total. The van der Waals surface area contributed by atoms with E-state index in [1.54, 1.807) is 29.8 Å². The summed E-state index contributed by atoms with van der Waals surface area (Å²) < 4.78 is 1.94. The van der Waals surface area contributed by atoms with Gasteiger partial charge in [-0.2, -0.15) is 0 Å². The molecule has 2 aromatic heterocycles. The molecule has 0 aliphatic carbocycles. The molecule has 0 bridgehead atoms. The van der Waals surface area contributed by atoms with Crippen LogP contribution in [-0.4, -0.2) is 15.6 Å². The first-order chi connectivity index (χ1) is 8.09. The number of nitrogens with zero attached hydrogens (tertiary/aromatic N) is 1. The summed E-state index contributed by atoms with van der Waals surface area (Å²) in [5.41, 5.74) is 0.470. The Morgan fingerprint density at radius 1 is 1.47 bits per heavy atom. The van der Waals surface area contributed by atoms with Crippen molar-refractivity contribution < 1.29 is 9.90 Å². The molecule has 0 aliphatic heterocycles. The third-order valence-corrected chi connectivity index (χ3v) is 3.80. The maximum absolute atomic E-state index is 11.7. The van der Waals surface area contributed by atoms with Gasteiger partial charge in [-0.3, -0.25) is 4.79 Å². The van der Waals surface area contributed by atoms with E-state index in [4.69, 9.17) is 5.11 Å². The molecule has 2 heterocycles. The Hall–Kier alpha value is -1.40. The van der Waals surface area contributed by atoms with E-state index in [0.717, 1.165) is 11.3 Å². The number of aromatic nitrogens is 1. The number of carboxylic acids is 1. The van der Waals surface area contributed by atoms with Gasteiger partial charge in [0, 0.05) is 6.20 Å². The van der Waals surface area contributed by atoms with Gasteiger partial charge in [-0.25, -0.2) is 4.79 Å². The van der Waals surface area contributed by atoms with E-state index in [0.29, 0.717) is 10.0 Å². The summed E-state index contributed by atoms with van der Waals surface area (Å²) in [6.07, 6.45) is 1.64. The number of aromatic carboxylic acids is 1. The number of carbonyl (C=O) groups is 1. The van der Waals surface area contributed by atoms with Crippen LogP contribution in [0.25, 0.3) is 0 Å². The van der Waals surface area contributed by atoms with Crippen LogP contribution in [0.15, 0.2) is 39.0 Å². The van der Waals surface area contributed by atoms with Crippen LogP contribution in [0.2, 0.25) is 0 Å². The minimum atomic E-state index is -0.960. The molecule has 0 amide bonds. The SMILES string of the molecule is O=C(O)c1sccc1Cn1cccc(Br)c1=O. The predicted octanol–water partition coefficient (Wildman–Crippen LogP) is 2.42. The van der Waals surface area contributed by atoms with Gasteiger partial charge in [0.2, 0.25) is 0 Å². The largest absolute Gasteiger partial charge is 0.477 e. The van der Waals surface area contributed by atoms with Crippen LogP contribution in [-0.2, 0) is 6.54 Å². The molecule has 0 aromatic carbocycles. The van der Waals surface area contributed by atoms with Crippen LogP contribution >= 0.6 is 27.3 Å². The lowest BCUT2D eigenvalue weighted by atomic mass is 10.2. The van der Waals surface area contributed by atoms with Gasteiger partial charge < -0.3 is 9.67 Å². The van der Waals surface area contributed by atoms with Crippen LogP contribution in [0.3, 0.4) is 0 Å². The lowest BCUT2D eigenvalue weighted by Crippen LogP contribution is -2.20. The Morgan fingerprint density at radius 2 is 2.24 bits per heavy atom. The second kappa shape index (κ2) is 4.85. The molecule has 2 aromatic rings. The first-order valence-electron chi connectivity index (χ1n) is 4.74. The Bertz CT molecular complexity index is 617. The number of halogens is 1. The third kappa shape index (κ3) is 2.48. The zero-order chi connectivity index (χ0) is 12.4. The predicted molar refractivity (Wildman–Crippen MR) is 68.8 cm³/mol. The molecular formula is C11H8BrNO3S. The average molecular weight is 314 g/mol. The molecule has 4 nitrogen and oxygen atoms in total. The molecule has 88 valence electrons. The first-order valence-corrected chi connectivity index (χ1v) is 6.41. The topological polar surface area (TPSA) is 59.3 Å². The maximum Gasteiger partial charge on any atom is 0.346 e. The lowest BCUT2D eigenvalue weighted by molar-refractivity contribution is 0.0701. The van der Waals surface area contributed by atoms with Gasteiger partial charge in [-0.05, 0) is 45.1 Å². The molecular weight excluding hydrogens is 306 g/mol. The van der Waals surface area contributed by atoms with E-state index in [9.17, 15) is 9.59 Å². The van der Waals surface area contributed by atoms with Crippen molar-refractivity contribution in [1.82, 2.24) is 4.57 Å². The Labute approximate surface area is 109 Å². The second-order valence-electron chi connectivity index (χ2n) is 3.37. The minimum absolute atomic E-state index is 0.171. The van der Waals surface area contributed by atoms with Crippen LogP contribution in [0.4, 0.5) is 0 Å². The molecule has 6 heteroatoms. The van der Waals surface area contributed by atoms with Crippen molar-refractivity contribution in [3.63, 3.8) is 0 Å². The Kier molecular flexibility index (Phi) is 3.44. The fourth-order valence-electron chi connectivity index (χ4n) is 1.46. The van der Waals surface area contributed by atoms with Crippen LogP contribution in [0.1, 0.15) is 15.2 Å².